The minimum Gasteiger partial charge on any atom is -0.396 e. The highest BCUT2D eigenvalue weighted by Crippen LogP contribution is 2.21. The summed E-state index contributed by atoms with van der Waals surface area (Å²) in [5.41, 5.74) is 0.890. The van der Waals surface area contributed by atoms with Gasteiger partial charge < -0.3 is 15.0 Å². The van der Waals surface area contributed by atoms with Crippen LogP contribution in [0.25, 0.3) is 5.69 Å². The first-order chi connectivity index (χ1) is 8.33. The number of aliphatic hydroxyl groups is 1. The lowest BCUT2D eigenvalue weighted by Crippen LogP contribution is -2.25. The van der Waals surface area contributed by atoms with Gasteiger partial charge in [-0.3, -0.25) is 4.79 Å². The van der Waals surface area contributed by atoms with E-state index in [1.807, 2.05) is 40.5 Å². The van der Waals surface area contributed by atoms with Gasteiger partial charge in [-0.25, -0.2) is 0 Å². The van der Waals surface area contributed by atoms with Gasteiger partial charge in [0.2, 0.25) is 0 Å². The molecule has 1 amide bonds. The molecule has 4 nitrogen and oxygen atoms in total. The third-order valence-electron chi connectivity index (χ3n) is 2.35. The Bertz CT molecular complexity index is 476. The lowest BCUT2D eigenvalue weighted by molar-refractivity contribution is 0.0955. The highest BCUT2D eigenvalue weighted by atomic mass is 32.1. The minimum atomic E-state index is -0.0860. The predicted octanol–water partition coefficient (Wildman–Crippen LogP) is 1.65. The first kappa shape index (κ1) is 11.9. The molecule has 0 unspecified atom stereocenters. The largest absolute Gasteiger partial charge is 0.396 e. The van der Waals surface area contributed by atoms with Gasteiger partial charge >= 0.3 is 0 Å². The summed E-state index contributed by atoms with van der Waals surface area (Å²) in [6.07, 6.45) is 4.40. The fraction of sp³-hybridized carbons (Fsp3) is 0.250. The Morgan fingerprint density at radius 2 is 2.18 bits per heavy atom. The summed E-state index contributed by atoms with van der Waals surface area (Å²) >= 11 is 1.42. The van der Waals surface area contributed by atoms with Crippen LogP contribution in [-0.4, -0.2) is 28.7 Å². The summed E-state index contributed by atoms with van der Waals surface area (Å²) in [4.78, 5) is 12.6. The first-order valence-electron chi connectivity index (χ1n) is 5.43. The van der Waals surface area contributed by atoms with Crippen LogP contribution in [0, 0.1) is 0 Å². The number of hydrogen-bond acceptors (Lipinski definition) is 3. The molecular formula is C12H14N2O2S. The summed E-state index contributed by atoms with van der Waals surface area (Å²) in [6, 6.07) is 5.77. The molecule has 2 N–H and O–H groups in total. The van der Waals surface area contributed by atoms with Gasteiger partial charge in [0.25, 0.3) is 5.91 Å². The van der Waals surface area contributed by atoms with Crippen molar-refractivity contribution in [2.24, 2.45) is 0 Å². The van der Waals surface area contributed by atoms with Crippen LogP contribution in [0.15, 0.2) is 36.0 Å². The first-order valence-corrected chi connectivity index (χ1v) is 6.31. The molecule has 2 aromatic rings. The molecule has 0 fully saturated rings. The molecule has 0 aliphatic heterocycles. The zero-order valence-electron chi connectivity index (χ0n) is 9.30. The monoisotopic (exact) mass is 250 g/mol. The molecule has 0 radical (unpaired) electrons. The standard InChI is InChI=1S/C12H14N2O2S/c15-8-3-5-13-12(16)11-10(4-9-17-11)14-6-1-2-7-14/h1-2,4,6-7,9,15H,3,5,8H2,(H,13,16). The van der Waals surface area contributed by atoms with Crippen molar-refractivity contribution in [1.82, 2.24) is 9.88 Å². The van der Waals surface area contributed by atoms with Crippen LogP contribution in [0.2, 0.25) is 0 Å². The van der Waals surface area contributed by atoms with Crippen LogP contribution in [-0.2, 0) is 0 Å². The van der Waals surface area contributed by atoms with Crippen LogP contribution in [0.5, 0.6) is 0 Å². The van der Waals surface area contributed by atoms with E-state index in [9.17, 15) is 4.79 Å². The summed E-state index contributed by atoms with van der Waals surface area (Å²) in [6.45, 7) is 0.591. The number of thiophene rings is 1. The molecule has 0 atom stereocenters. The number of aromatic nitrogens is 1. The van der Waals surface area contributed by atoms with Gasteiger partial charge in [-0.15, -0.1) is 11.3 Å². The van der Waals surface area contributed by atoms with Crippen LogP contribution in [0.3, 0.4) is 0 Å². The molecule has 2 aromatic heterocycles. The molecule has 2 heterocycles. The number of nitrogens with zero attached hydrogens (tertiary/aromatic N) is 1. The average Bonchev–Trinajstić information content (AvgIpc) is 2.99. The number of aliphatic hydroxyl groups excluding tert-OH is 1. The zero-order chi connectivity index (χ0) is 12.1. The van der Waals surface area contributed by atoms with Crippen molar-refractivity contribution in [3.8, 4) is 5.69 Å². The Morgan fingerprint density at radius 1 is 1.41 bits per heavy atom. The van der Waals surface area contributed by atoms with E-state index < -0.39 is 0 Å². The van der Waals surface area contributed by atoms with Crippen molar-refractivity contribution in [2.75, 3.05) is 13.2 Å². The van der Waals surface area contributed by atoms with Crippen LogP contribution in [0.4, 0.5) is 0 Å². The number of carbonyl (C=O) groups is 1. The molecule has 0 spiro atoms. The molecule has 90 valence electrons. The van der Waals surface area contributed by atoms with Crippen molar-refractivity contribution >= 4 is 17.2 Å². The molecule has 0 saturated carbocycles. The number of rotatable bonds is 5. The average molecular weight is 250 g/mol. The number of nitrogens with one attached hydrogen (secondary N) is 1. The van der Waals surface area contributed by atoms with Gasteiger partial charge in [-0.2, -0.15) is 0 Å². The van der Waals surface area contributed by atoms with E-state index in [0.717, 1.165) is 5.69 Å². The molecule has 0 aromatic carbocycles. The summed E-state index contributed by atoms with van der Waals surface area (Å²) < 4.78 is 1.91. The third-order valence-corrected chi connectivity index (χ3v) is 3.26. The molecular weight excluding hydrogens is 236 g/mol. The Kier molecular flexibility index (Phi) is 3.95. The van der Waals surface area contributed by atoms with Gasteiger partial charge in [-0.05, 0) is 30.0 Å². The number of carbonyl (C=O) groups excluding carboxylic acids is 1. The van der Waals surface area contributed by atoms with E-state index in [1.54, 1.807) is 0 Å². The van der Waals surface area contributed by atoms with Crippen molar-refractivity contribution in [2.45, 2.75) is 6.42 Å². The molecule has 0 aliphatic rings. The Morgan fingerprint density at radius 3 is 2.88 bits per heavy atom. The van der Waals surface area contributed by atoms with Gasteiger partial charge in [0.05, 0.1) is 5.69 Å². The maximum atomic E-state index is 11.9. The van der Waals surface area contributed by atoms with Gasteiger partial charge in [0.1, 0.15) is 4.88 Å². The molecule has 5 heteroatoms. The van der Waals surface area contributed by atoms with Crippen LogP contribution < -0.4 is 5.32 Å². The molecule has 17 heavy (non-hydrogen) atoms. The smallest absolute Gasteiger partial charge is 0.263 e. The summed E-state index contributed by atoms with van der Waals surface area (Å²) in [7, 11) is 0. The number of hydrogen-bond donors (Lipinski definition) is 2. The fourth-order valence-corrected chi connectivity index (χ4v) is 2.34. The fourth-order valence-electron chi connectivity index (χ4n) is 1.53. The van der Waals surface area contributed by atoms with Crippen LogP contribution in [0.1, 0.15) is 16.1 Å². The Labute approximate surface area is 104 Å². The maximum Gasteiger partial charge on any atom is 0.263 e. The van der Waals surface area contributed by atoms with Gasteiger partial charge in [0, 0.05) is 25.5 Å². The minimum absolute atomic E-state index is 0.0860. The quantitative estimate of drug-likeness (QED) is 0.793. The Hall–Kier alpha value is -1.59. The van der Waals surface area contributed by atoms with Crippen molar-refractivity contribution in [1.29, 1.82) is 0 Å². The lowest BCUT2D eigenvalue weighted by Gasteiger charge is -2.06. The second kappa shape index (κ2) is 5.65. The highest BCUT2D eigenvalue weighted by molar-refractivity contribution is 7.12. The summed E-state index contributed by atoms with van der Waals surface area (Å²) in [5.74, 6) is -0.0860. The van der Waals surface area contributed by atoms with Gasteiger partial charge in [0.15, 0.2) is 0 Å². The molecule has 0 saturated heterocycles. The molecule has 0 aliphatic carbocycles. The van der Waals surface area contributed by atoms with E-state index in [0.29, 0.717) is 17.8 Å². The predicted molar refractivity (Wildman–Crippen MR) is 67.7 cm³/mol. The van der Waals surface area contributed by atoms with E-state index in [2.05, 4.69) is 5.32 Å². The van der Waals surface area contributed by atoms with Crippen molar-refractivity contribution in [3.05, 3.63) is 40.8 Å². The molecule has 0 bridgehead atoms. The summed E-state index contributed by atoms with van der Waals surface area (Å²) in [5, 5.41) is 13.3. The topological polar surface area (TPSA) is 54.3 Å². The molecule has 2 rings (SSSR count). The number of amides is 1. The van der Waals surface area contributed by atoms with E-state index in [4.69, 9.17) is 5.11 Å². The Balaban J connectivity index is 2.11. The van der Waals surface area contributed by atoms with E-state index in [-0.39, 0.29) is 12.5 Å². The van der Waals surface area contributed by atoms with Crippen LogP contribution >= 0.6 is 11.3 Å². The zero-order valence-corrected chi connectivity index (χ0v) is 10.1. The highest BCUT2D eigenvalue weighted by Gasteiger charge is 2.13. The van der Waals surface area contributed by atoms with Crippen molar-refractivity contribution < 1.29 is 9.90 Å². The second-order valence-corrected chi connectivity index (χ2v) is 4.47. The van der Waals surface area contributed by atoms with Crippen molar-refractivity contribution in [3.63, 3.8) is 0 Å². The SMILES string of the molecule is O=C(NCCCO)c1sccc1-n1cccc1. The van der Waals surface area contributed by atoms with E-state index >= 15 is 0 Å². The maximum absolute atomic E-state index is 11.9. The lowest BCUT2D eigenvalue weighted by atomic mass is 10.3. The normalized spacial score (nSPS) is 10.4. The third kappa shape index (κ3) is 2.75. The van der Waals surface area contributed by atoms with Gasteiger partial charge in [-0.1, -0.05) is 0 Å². The van der Waals surface area contributed by atoms with E-state index in [1.165, 1.54) is 11.3 Å². The second-order valence-electron chi connectivity index (χ2n) is 3.56.